The Balaban J connectivity index is 1.60. The molecule has 2 amide bonds. The summed E-state index contributed by atoms with van der Waals surface area (Å²) in [6.07, 6.45) is 5.29. The average molecular weight is 388 g/mol. The molecule has 2 heterocycles. The Kier molecular flexibility index (Phi) is 5.95. The smallest absolute Gasteiger partial charge is 0.319 e. The first-order chi connectivity index (χ1) is 12.9. The van der Waals surface area contributed by atoms with Crippen LogP contribution in [0.1, 0.15) is 24.0 Å². The van der Waals surface area contributed by atoms with Crippen LogP contribution in [0.25, 0.3) is 0 Å². The third-order valence-electron chi connectivity index (χ3n) is 4.38. The van der Waals surface area contributed by atoms with Crippen LogP contribution in [0.4, 0.5) is 16.3 Å². The van der Waals surface area contributed by atoms with E-state index in [1.807, 2.05) is 12.1 Å². The number of rotatable bonds is 6. The van der Waals surface area contributed by atoms with E-state index in [1.54, 1.807) is 30.5 Å². The predicted octanol–water partition coefficient (Wildman–Crippen LogP) is 2.55. The van der Waals surface area contributed by atoms with Gasteiger partial charge in [0.15, 0.2) is 9.84 Å². The van der Waals surface area contributed by atoms with E-state index in [4.69, 9.17) is 0 Å². The second-order valence-corrected chi connectivity index (χ2v) is 8.89. The van der Waals surface area contributed by atoms with Gasteiger partial charge in [-0.1, -0.05) is 18.2 Å². The van der Waals surface area contributed by atoms with Crippen molar-refractivity contribution in [1.29, 1.82) is 0 Å². The number of nitrogens with zero attached hydrogens (tertiary/aromatic N) is 2. The van der Waals surface area contributed by atoms with Crippen molar-refractivity contribution < 1.29 is 13.2 Å². The van der Waals surface area contributed by atoms with Crippen molar-refractivity contribution in [3.05, 3.63) is 53.7 Å². The van der Waals surface area contributed by atoms with Crippen LogP contribution >= 0.6 is 0 Å². The Bertz CT molecular complexity index is 909. The Morgan fingerprint density at radius 1 is 1.19 bits per heavy atom. The lowest BCUT2D eigenvalue weighted by atomic mass is 10.2. The van der Waals surface area contributed by atoms with Gasteiger partial charge in [0.05, 0.1) is 5.75 Å². The van der Waals surface area contributed by atoms with Crippen LogP contribution in [0.3, 0.4) is 0 Å². The molecule has 27 heavy (non-hydrogen) atoms. The zero-order valence-electron chi connectivity index (χ0n) is 15.3. The fourth-order valence-corrected chi connectivity index (χ4v) is 3.91. The zero-order chi connectivity index (χ0) is 19.3. The number of amides is 2. The molecule has 7 nitrogen and oxygen atoms in total. The highest BCUT2D eigenvalue weighted by molar-refractivity contribution is 7.89. The summed E-state index contributed by atoms with van der Waals surface area (Å²) in [6, 6.07) is 10.4. The van der Waals surface area contributed by atoms with Crippen molar-refractivity contribution in [3.63, 3.8) is 0 Å². The fraction of sp³-hybridized carbons (Fsp3) is 0.368. The molecule has 0 atom stereocenters. The number of benzene rings is 1. The summed E-state index contributed by atoms with van der Waals surface area (Å²) >= 11 is 0. The lowest BCUT2D eigenvalue weighted by molar-refractivity contribution is 0.251. The van der Waals surface area contributed by atoms with Gasteiger partial charge in [-0.05, 0) is 42.2 Å². The van der Waals surface area contributed by atoms with Crippen LogP contribution in [-0.4, -0.2) is 38.8 Å². The SMILES string of the molecule is CS(=O)(=O)Cc1ccccc1NC(=O)NCc1ccnc(N2CCCC2)c1. The van der Waals surface area contributed by atoms with E-state index >= 15 is 0 Å². The van der Waals surface area contributed by atoms with E-state index < -0.39 is 9.84 Å². The predicted molar refractivity (Wildman–Crippen MR) is 107 cm³/mol. The summed E-state index contributed by atoms with van der Waals surface area (Å²) < 4.78 is 23.1. The number of carbonyl (C=O) groups excluding carboxylic acids is 1. The van der Waals surface area contributed by atoms with Crippen LogP contribution in [0.2, 0.25) is 0 Å². The maximum absolute atomic E-state index is 12.2. The lowest BCUT2D eigenvalue weighted by Crippen LogP contribution is -2.29. The normalized spacial score (nSPS) is 14.2. The number of sulfone groups is 1. The molecule has 2 N–H and O–H groups in total. The van der Waals surface area contributed by atoms with Gasteiger partial charge in [0.2, 0.25) is 0 Å². The number of hydrogen-bond donors (Lipinski definition) is 2. The van der Waals surface area contributed by atoms with Gasteiger partial charge in [0, 0.05) is 37.8 Å². The van der Waals surface area contributed by atoms with Crippen molar-refractivity contribution >= 4 is 27.4 Å². The molecule has 1 saturated heterocycles. The van der Waals surface area contributed by atoms with Gasteiger partial charge in [-0.15, -0.1) is 0 Å². The highest BCUT2D eigenvalue weighted by atomic mass is 32.2. The summed E-state index contributed by atoms with van der Waals surface area (Å²) in [5.74, 6) is 0.818. The molecule has 0 radical (unpaired) electrons. The van der Waals surface area contributed by atoms with Crippen molar-refractivity contribution in [2.45, 2.75) is 25.1 Å². The summed E-state index contributed by atoms with van der Waals surface area (Å²) in [6.45, 7) is 2.40. The third kappa shape index (κ3) is 5.68. The minimum absolute atomic E-state index is 0.118. The maximum Gasteiger partial charge on any atom is 0.319 e. The molecule has 2 aromatic rings. The Hall–Kier alpha value is -2.61. The average Bonchev–Trinajstić information content (AvgIpc) is 3.15. The molecule has 3 rings (SSSR count). The standard InChI is InChI=1S/C19H24N4O3S/c1-27(25,26)14-16-6-2-3-7-17(16)22-19(24)21-13-15-8-9-20-18(12-15)23-10-4-5-11-23/h2-3,6-9,12H,4-5,10-11,13-14H2,1H3,(H2,21,22,24). The number of anilines is 2. The minimum Gasteiger partial charge on any atom is -0.357 e. The zero-order valence-corrected chi connectivity index (χ0v) is 16.1. The molecule has 1 fully saturated rings. The minimum atomic E-state index is -3.19. The summed E-state index contributed by atoms with van der Waals surface area (Å²) in [4.78, 5) is 18.9. The summed E-state index contributed by atoms with van der Waals surface area (Å²) in [5, 5.41) is 5.54. The second kappa shape index (κ2) is 8.39. The van der Waals surface area contributed by atoms with E-state index in [1.165, 1.54) is 19.1 Å². The number of hydrogen-bond acceptors (Lipinski definition) is 5. The molecular weight excluding hydrogens is 364 g/mol. The monoisotopic (exact) mass is 388 g/mol. The summed E-state index contributed by atoms with van der Waals surface area (Å²) in [5.41, 5.74) is 2.02. The van der Waals surface area contributed by atoms with Crippen molar-refractivity contribution in [3.8, 4) is 0 Å². The number of para-hydroxylation sites is 1. The Labute approximate surface area is 159 Å². The lowest BCUT2D eigenvalue weighted by Gasteiger charge is -2.17. The molecule has 8 heteroatoms. The highest BCUT2D eigenvalue weighted by Gasteiger charge is 2.14. The molecule has 0 saturated carbocycles. The van der Waals surface area contributed by atoms with Gasteiger partial charge in [0.1, 0.15) is 5.82 Å². The third-order valence-corrected chi connectivity index (χ3v) is 5.21. The first kappa shape index (κ1) is 19.2. The molecule has 1 aromatic heterocycles. The van der Waals surface area contributed by atoms with Gasteiger partial charge < -0.3 is 15.5 Å². The van der Waals surface area contributed by atoms with Crippen molar-refractivity contribution in [2.24, 2.45) is 0 Å². The van der Waals surface area contributed by atoms with Gasteiger partial charge in [-0.3, -0.25) is 0 Å². The van der Waals surface area contributed by atoms with Crippen molar-refractivity contribution in [2.75, 3.05) is 29.6 Å². The topological polar surface area (TPSA) is 91.4 Å². The van der Waals surface area contributed by atoms with Crippen LogP contribution in [0.5, 0.6) is 0 Å². The molecule has 0 aliphatic carbocycles. The second-order valence-electron chi connectivity index (χ2n) is 6.75. The number of nitrogens with one attached hydrogen (secondary N) is 2. The number of carbonyl (C=O) groups is 1. The van der Waals surface area contributed by atoms with E-state index in [9.17, 15) is 13.2 Å². The fourth-order valence-electron chi connectivity index (χ4n) is 3.09. The van der Waals surface area contributed by atoms with Crippen LogP contribution < -0.4 is 15.5 Å². The van der Waals surface area contributed by atoms with E-state index in [0.717, 1.165) is 24.5 Å². The first-order valence-corrected chi connectivity index (χ1v) is 11.0. The molecular formula is C19H24N4O3S. The van der Waals surface area contributed by atoms with Gasteiger partial charge >= 0.3 is 6.03 Å². The molecule has 144 valence electrons. The van der Waals surface area contributed by atoms with Gasteiger partial charge in [0.25, 0.3) is 0 Å². The quantitative estimate of drug-likeness (QED) is 0.794. The molecule has 0 bridgehead atoms. The van der Waals surface area contributed by atoms with Gasteiger partial charge in [-0.25, -0.2) is 18.2 Å². The Morgan fingerprint density at radius 2 is 1.93 bits per heavy atom. The van der Waals surface area contributed by atoms with Crippen molar-refractivity contribution in [1.82, 2.24) is 10.3 Å². The first-order valence-electron chi connectivity index (χ1n) is 8.91. The van der Waals surface area contributed by atoms with Gasteiger partial charge in [-0.2, -0.15) is 0 Å². The number of aromatic nitrogens is 1. The molecule has 1 aliphatic heterocycles. The molecule has 1 aliphatic rings. The molecule has 0 unspecified atom stereocenters. The van der Waals surface area contributed by atoms with E-state index in [-0.39, 0.29) is 11.8 Å². The summed E-state index contributed by atoms with van der Waals surface area (Å²) in [7, 11) is -3.19. The van der Waals surface area contributed by atoms with E-state index in [2.05, 4.69) is 20.5 Å². The van der Waals surface area contributed by atoms with Crippen LogP contribution in [0.15, 0.2) is 42.6 Å². The van der Waals surface area contributed by atoms with Crippen LogP contribution in [-0.2, 0) is 22.1 Å². The molecule has 1 aromatic carbocycles. The van der Waals surface area contributed by atoms with E-state index in [0.29, 0.717) is 17.8 Å². The largest absolute Gasteiger partial charge is 0.357 e. The Morgan fingerprint density at radius 3 is 2.67 bits per heavy atom. The number of pyridine rings is 1. The highest BCUT2D eigenvalue weighted by Crippen LogP contribution is 2.19. The number of urea groups is 1. The van der Waals surface area contributed by atoms with Crippen LogP contribution in [0, 0.1) is 0 Å². The maximum atomic E-state index is 12.2. The molecule has 0 spiro atoms.